The van der Waals surface area contributed by atoms with E-state index in [1.165, 1.54) is 17.9 Å². The number of nitrogens with zero attached hydrogens (tertiary/aromatic N) is 3. The highest BCUT2D eigenvalue weighted by Crippen LogP contribution is 2.13. The molecule has 18 heavy (non-hydrogen) atoms. The maximum Gasteiger partial charge on any atom is 0.318 e. The minimum Gasteiger partial charge on any atom is -0.480 e. The number of aromatic nitrogens is 2. The molecule has 1 rings (SSSR count). The highest BCUT2D eigenvalue weighted by molar-refractivity contribution is 7.89. The summed E-state index contributed by atoms with van der Waals surface area (Å²) in [6, 6.07) is 0. The van der Waals surface area contributed by atoms with Crippen molar-refractivity contribution in [2.75, 3.05) is 13.1 Å². The Morgan fingerprint density at radius 2 is 2.11 bits per heavy atom. The van der Waals surface area contributed by atoms with Crippen molar-refractivity contribution >= 4 is 21.9 Å². The fraction of sp³-hybridized carbons (Fsp3) is 0.375. The lowest BCUT2D eigenvalue weighted by Crippen LogP contribution is -2.41. The Hall–Kier alpha value is -1.94. The average molecular weight is 276 g/mol. The van der Waals surface area contributed by atoms with Gasteiger partial charge in [0.25, 0.3) is 0 Å². The zero-order chi connectivity index (χ0) is 13.9. The first-order chi connectivity index (χ1) is 8.23. The fourth-order valence-electron chi connectivity index (χ4n) is 1.23. The smallest absolute Gasteiger partial charge is 0.318 e. The molecule has 0 unspecified atom stereocenters. The van der Waals surface area contributed by atoms with E-state index in [9.17, 15) is 18.0 Å². The number of hydrogen-bond donors (Lipinski definition) is 2. The van der Waals surface area contributed by atoms with E-state index in [1.54, 1.807) is 0 Å². The summed E-state index contributed by atoms with van der Waals surface area (Å²) in [7, 11) is -2.59. The summed E-state index contributed by atoms with van der Waals surface area (Å²) in [6.45, 7) is -1.55. The van der Waals surface area contributed by atoms with E-state index in [2.05, 4.69) is 5.10 Å². The van der Waals surface area contributed by atoms with Gasteiger partial charge in [-0.1, -0.05) is 0 Å². The van der Waals surface area contributed by atoms with Crippen molar-refractivity contribution in [1.82, 2.24) is 14.1 Å². The molecule has 0 radical (unpaired) electrons. The number of primary amides is 1. The lowest BCUT2D eigenvalue weighted by Gasteiger charge is -2.17. The molecule has 0 saturated heterocycles. The number of carbonyl (C=O) groups excluding carboxylic acids is 1. The molecule has 0 aliphatic heterocycles. The number of carbonyl (C=O) groups is 2. The maximum atomic E-state index is 12.0. The van der Waals surface area contributed by atoms with Crippen LogP contribution < -0.4 is 5.73 Å². The second-order valence-electron chi connectivity index (χ2n) is 3.48. The Morgan fingerprint density at radius 3 is 2.50 bits per heavy atom. The quantitative estimate of drug-likeness (QED) is 0.615. The summed E-state index contributed by atoms with van der Waals surface area (Å²) < 4.78 is 25.8. The second-order valence-corrected chi connectivity index (χ2v) is 5.42. The predicted octanol–water partition coefficient (Wildman–Crippen LogP) is -2.02. The van der Waals surface area contributed by atoms with E-state index in [4.69, 9.17) is 10.8 Å². The standard InChI is InChI=1S/C8H12N4O5S/c1-11-3-6(2-10-11)18(16,17)12(4-7(9)13)5-8(14)15/h2-3H,4-5H2,1H3,(H2,9,13)(H,14,15). The van der Waals surface area contributed by atoms with E-state index in [0.717, 1.165) is 6.20 Å². The Bertz CT molecular complexity index is 548. The van der Waals surface area contributed by atoms with E-state index in [-0.39, 0.29) is 4.90 Å². The van der Waals surface area contributed by atoms with Crippen molar-refractivity contribution in [3.8, 4) is 0 Å². The van der Waals surface area contributed by atoms with Gasteiger partial charge in [0, 0.05) is 13.2 Å². The molecule has 0 atom stereocenters. The van der Waals surface area contributed by atoms with Gasteiger partial charge in [-0.3, -0.25) is 14.3 Å². The number of amides is 1. The van der Waals surface area contributed by atoms with Crippen LogP contribution in [0.3, 0.4) is 0 Å². The van der Waals surface area contributed by atoms with Gasteiger partial charge in [-0.05, 0) is 0 Å². The van der Waals surface area contributed by atoms with Crippen LogP contribution in [-0.4, -0.2) is 52.6 Å². The van der Waals surface area contributed by atoms with Gasteiger partial charge in [0.2, 0.25) is 15.9 Å². The number of hydrogen-bond acceptors (Lipinski definition) is 5. The van der Waals surface area contributed by atoms with Crippen LogP contribution in [0, 0.1) is 0 Å². The van der Waals surface area contributed by atoms with Gasteiger partial charge in [0.05, 0.1) is 12.7 Å². The maximum absolute atomic E-state index is 12.0. The molecule has 0 bridgehead atoms. The minimum absolute atomic E-state index is 0.201. The van der Waals surface area contributed by atoms with Gasteiger partial charge >= 0.3 is 5.97 Å². The van der Waals surface area contributed by atoms with Crippen LogP contribution in [0.1, 0.15) is 0 Å². The third-order valence-corrected chi connectivity index (χ3v) is 3.71. The third kappa shape index (κ3) is 3.28. The van der Waals surface area contributed by atoms with Crippen LogP contribution in [0.15, 0.2) is 17.3 Å². The Labute approximate surface area is 103 Å². The molecule has 1 heterocycles. The number of aryl methyl sites for hydroxylation is 1. The highest BCUT2D eigenvalue weighted by Gasteiger charge is 2.28. The van der Waals surface area contributed by atoms with E-state index in [1.807, 2.05) is 0 Å². The minimum atomic E-state index is -4.10. The second kappa shape index (κ2) is 5.14. The molecule has 3 N–H and O–H groups in total. The van der Waals surface area contributed by atoms with Crippen molar-refractivity contribution in [3.63, 3.8) is 0 Å². The molecule has 1 aromatic rings. The molecule has 0 spiro atoms. The zero-order valence-corrected chi connectivity index (χ0v) is 10.3. The Morgan fingerprint density at radius 1 is 1.50 bits per heavy atom. The first-order valence-electron chi connectivity index (χ1n) is 4.72. The highest BCUT2D eigenvalue weighted by atomic mass is 32.2. The van der Waals surface area contributed by atoms with Gasteiger partial charge in [-0.25, -0.2) is 8.42 Å². The Balaban J connectivity index is 3.10. The molecule has 9 nitrogen and oxygen atoms in total. The van der Waals surface area contributed by atoms with Crippen LogP contribution in [0.5, 0.6) is 0 Å². The SMILES string of the molecule is Cn1cc(S(=O)(=O)N(CC(N)=O)CC(=O)O)cn1. The molecule has 1 aromatic heterocycles. The zero-order valence-electron chi connectivity index (χ0n) is 9.48. The first kappa shape index (κ1) is 14.1. The van der Waals surface area contributed by atoms with Crippen LogP contribution in [0.25, 0.3) is 0 Å². The number of nitrogens with two attached hydrogens (primary N) is 1. The third-order valence-electron chi connectivity index (χ3n) is 1.96. The summed E-state index contributed by atoms with van der Waals surface area (Å²) in [5.74, 6) is -2.33. The van der Waals surface area contributed by atoms with Crippen molar-refractivity contribution in [2.24, 2.45) is 12.8 Å². The number of carboxylic acid groups (broad SMARTS) is 1. The number of rotatable bonds is 6. The summed E-state index contributed by atoms with van der Waals surface area (Å²) in [4.78, 5) is 21.2. The van der Waals surface area contributed by atoms with E-state index >= 15 is 0 Å². The molecule has 10 heteroatoms. The molecular weight excluding hydrogens is 264 g/mol. The summed E-state index contributed by atoms with van der Waals surface area (Å²) in [6.07, 6.45) is 2.26. The number of aliphatic carboxylic acids is 1. The first-order valence-corrected chi connectivity index (χ1v) is 6.16. The largest absolute Gasteiger partial charge is 0.480 e. The van der Waals surface area contributed by atoms with Crippen LogP contribution in [-0.2, 0) is 26.7 Å². The normalized spacial score (nSPS) is 11.7. The molecular formula is C8H12N4O5S. The van der Waals surface area contributed by atoms with Gasteiger partial charge in [0.15, 0.2) is 0 Å². The molecule has 0 aliphatic rings. The summed E-state index contributed by atoms with van der Waals surface area (Å²) in [5, 5.41) is 12.3. The molecule has 0 saturated carbocycles. The lowest BCUT2D eigenvalue weighted by molar-refractivity contribution is -0.137. The van der Waals surface area contributed by atoms with Gasteiger partial charge in [0.1, 0.15) is 11.4 Å². The fourth-order valence-corrected chi connectivity index (χ4v) is 2.57. The molecule has 1 amide bonds. The topological polar surface area (TPSA) is 136 Å². The molecule has 0 aromatic carbocycles. The molecule has 100 valence electrons. The molecule has 0 aliphatic carbocycles. The lowest BCUT2D eigenvalue weighted by atomic mass is 10.5. The van der Waals surface area contributed by atoms with Crippen molar-refractivity contribution in [3.05, 3.63) is 12.4 Å². The Kier molecular flexibility index (Phi) is 4.03. The van der Waals surface area contributed by atoms with Gasteiger partial charge < -0.3 is 10.8 Å². The summed E-state index contributed by atoms with van der Waals surface area (Å²) in [5.41, 5.74) is 4.89. The molecule has 0 fully saturated rings. The van der Waals surface area contributed by atoms with Crippen LogP contribution in [0.2, 0.25) is 0 Å². The van der Waals surface area contributed by atoms with Gasteiger partial charge in [-0.2, -0.15) is 9.40 Å². The average Bonchev–Trinajstić information content (AvgIpc) is 2.63. The van der Waals surface area contributed by atoms with Crippen LogP contribution >= 0.6 is 0 Å². The predicted molar refractivity (Wildman–Crippen MR) is 58.8 cm³/mol. The van der Waals surface area contributed by atoms with Crippen molar-refractivity contribution in [1.29, 1.82) is 0 Å². The number of sulfonamides is 1. The van der Waals surface area contributed by atoms with E-state index < -0.39 is 35.0 Å². The number of carboxylic acids is 1. The van der Waals surface area contributed by atoms with Gasteiger partial charge in [-0.15, -0.1) is 0 Å². The van der Waals surface area contributed by atoms with E-state index in [0.29, 0.717) is 4.31 Å². The van der Waals surface area contributed by atoms with Crippen molar-refractivity contribution < 1.29 is 23.1 Å². The van der Waals surface area contributed by atoms with Crippen molar-refractivity contribution in [2.45, 2.75) is 4.90 Å². The van der Waals surface area contributed by atoms with Crippen LogP contribution in [0.4, 0.5) is 0 Å². The monoisotopic (exact) mass is 276 g/mol. The summed E-state index contributed by atoms with van der Waals surface area (Å²) >= 11 is 0.